The Labute approximate surface area is 79.4 Å². The van der Waals surface area contributed by atoms with Crippen LogP contribution in [0, 0.1) is 17.2 Å². The van der Waals surface area contributed by atoms with Crippen LogP contribution in [0.2, 0.25) is 0 Å². The van der Waals surface area contributed by atoms with E-state index in [-0.39, 0.29) is 11.8 Å². The Hall–Kier alpha value is -1.30. The van der Waals surface area contributed by atoms with E-state index < -0.39 is 6.04 Å². The van der Waals surface area contributed by atoms with E-state index in [0.717, 1.165) is 0 Å². The molecule has 0 rings (SSSR count). The summed E-state index contributed by atoms with van der Waals surface area (Å²) < 4.78 is 0. The molecule has 1 amide bonds. The van der Waals surface area contributed by atoms with Gasteiger partial charge in [-0.15, -0.1) is 0 Å². The first kappa shape index (κ1) is 11.7. The van der Waals surface area contributed by atoms with Gasteiger partial charge in [-0.3, -0.25) is 4.79 Å². The van der Waals surface area contributed by atoms with Gasteiger partial charge >= 0.3 is 0 Å². The van der Waals surface area contributed by atoms with Crippen molar-refractivity contribution in [3.05, 3.63) is 11.6 Å². The molecule has 0 saturated carbocycles. The number of allylic oxidation sites excluding steroid dienone is 1. The lowest BCUT2D eigenvalue weighted by atomic mass is 10.1. The number of carbonyl (C=O) groups excluding carboxylic acids is 1. The van der Waals surface area contributed by atoms with Crippen LogP contribution in [0.4, 0.5) is 0 Å². The topological polar surface area (TPSA) is 52.9 Å². The van der Waals surface area contributed by atoms with Gasteiger partial charge in [0.25, 0.3) is 0 Å². The average Bonchev–Trinajstić information content (AvgIpc) is 2.11. The van der Waals surface area contributed by atoms with E-state index >= 15 is 0 Å². The molecule has 0 fully saturated rings. The number of hydrogen-bond acceptors (Lipinski definition) is 2. The van der Waals surface area contributed by atoms with Gasteiger partial charge in [0.1, 0.15) is 6.04 Å². The fraction of sp³-hybridized carbons (Fsp3) is 0.600. The van der Waals surface area contributed by atoms with Crippen molar-refractivity contribution in [3.8, 4) is 6.07 Å². The normalized spacial score (nSPS) is 13.7. The molecule has 0 bridgehead atoms. The molecule has 0 aliphatic rings. The number of rotatable bonds is 3. The summed E-state index contributed by atoms with van der Waals surface area (Å²) in [6.07, 6.45) is 1.73. The number of amides is 1. The third kappa shape index (κ3) is 3.75. The summed E-state index contributed by atoms with van der Waals surface area (Å²) >= 11 is 0. The first-order chi connectivity index (χ1) is 6.02. The van der Waals surface area contributed by atoms with Crippen LogP contribution in [0.5, 0.6) is 0 Å². The summed E-state index contributed by atoms with van der Waals surface area (Å²) in [5.74, 6) is -0.0265. The van der Waals surface area contributed by atoms with Crippen molar-refractivity contribution < 1.29 is 4.79 Å². The van der Waals surface area contributed by atoms with Crippen LogP contribution in [-0.4, -0.2) is 11.9 Å². The molecule has 3 nitrogen and oxygen atoms in total. The molecule has 0 heterocycles. The second kappa shape index (κ2) is 5.36. The van der Waals surface area contributed by atoms with Gasteiger partial charge in [-0.1, -0.05) is 19.9 Å². The van der Waals surface area contributed by atoms with Crippen molar-refractivity contribution in [3.63, 3.8) is 0 Å². The van der Waals surface area contributed by atoms with E-state index in [0.29, 0.717) is 5.57 Å². The molecule has 0 aromatic rings. The average molecular weight is 180 g/mol. The first-order valence-corrected chi connectivity index (χ1v) is 4.36. The van der Waals surface area contributed by atoms with Crippen LogP contribution >= 0.6 is 0 Å². The minimum Gasteiger partial charge on any atom is -0.336 e. The van der Waals surface area contributed by atoms with E-state index in [1.165, 1.54) is 0 Å². The van der Waals surface area contributed by atoms with Crippen molar-refractivity contribution in [2.45, 2.75) is 33.7 Å². The summed E-state index contributed by atoms with van der Waals surface area (Å²) in [4.78, 5) is 11.3. The molecule has 72 valence electrons. The monoisotopic (exact) mass is 180 g/mol. The van der Waals surface area contributed by atoms with Crippen molar-refractivity contribution in [2.75, 3.05) is 0 Å². The summed E-state index contributed by atoms with van der Waals surface area (Å²) in [5.41, 5.74) is 0.640. The third-order valence-corrected chi connectivity index (χ3v) is 1.88. The highest BCUT2D eigenvalue weighted by molar-refractivity contribution is 5.93. The zero-order valence-corrected chi connectivity index (χ0v) is 8.59. The zero-order valence-electron chi connectivity index (χ0n) is 8.59. The van der Waals surface area contributed by atoms with E-state index in [4.69, 9.17) is 5.26 Å². The second-order valence-corrected chi connectivity index (χ2v) is 3.30. The molecule has 1 N–H and O–H groups in total. The highest BCUT2D eigenvalue weighted by Crippen LogP contribution is 2.01. The van der Waals surface area contributed by atoms with Gasteiger partial charge in [0, 0.05) is 5.57 Å². The Bertz CT molecular complexity index is 248. The quantitative estimate of drug-likeness (QED) is 0.671. The largest absolute Gasteiger partial charge is 0.336 e. The first-order valence-electron chi connectivity index (χ1n) is 4.36. The predicted octanol–water partition coefficient (Wildman–Crippen LogP) is 1.62. The number of nitrogens with one attached hydrogen (secondary N) is 1. The Balaban J connectivity index is 4.28. The minimum atomic E-state index is -0.401. The molecule has 0 aromatic heterocycles. The van der Waals surface area contributed by atoms with Crippen LogP contribution in [-0.2, 0) is 4.79 Å². The molecular weight excluding hydrogens is 164 g/mol. The molecule has 0 saturated heterocycles. The van der Waals surface area contributed by atoms with Gasteiger partial charge in [-0.25, -0.2) is 0 Å². The molecule has 1 atom stereocenters. The number of carbonyl (C=O) groups is 1. The maximum absolute atomic E-state index is 11.3. The number of nitriles is 1. The number of nitrogens with zero attached hydrogens (tertiary/aromatic N) is 1. The van der Waals surface area contributed by atoms with Gasteiger partial charge < -0.3 is 5.32 Å². The lowest BCUT2D eigenvalue weighted by Crippen LogP contribution is -2.37. The Morgan fingerprint density at radius 3 is 2.38 bits per heavy atom. The highest BCUT2D eigenvalue weighted by Gasteiger charge is 2.15. The van der Waals surface area contributed by atoms with Crippen LogP contribution < -0.4 is 5.32 Å². The second-order valence-electron chi connectivity index (χ2n) is 3.30. The predicted molar refractivity (Wildman–Crippen MR) is 51.8 cm³/mol. The smallest absolute Gasteiger partial charge is 0.247 e. The third-order valence-electron chi connectivity index (χ3n) is 1.88. The summed E-state index contributed by atoms with van der Waals surface area (Å²) in [5, 5.41) is 11.4. The molecular formula is C10H16N2O. The van der Waals surface area contributed by atoms with Crippen LogP contribution in [0.15, 0.2) is 11.6 Å². The summed E-state index contributed by atoms with van der Waals surface area (Å²) in [7, 11) is 0. The van der Waals surface area contributed by atoms with Gasteiger partial charge in [0.15, 0.2) is 0 Å². The lowest BCUT2D eigenvalue weighted by molar-refractivity contribution is -0.118. The summed E-state index contributed by atoms with van der Waals surface area (Å²) in [6, 6.07) is 1.65. The molecule has 0 radical (unpaired) electrons. The van der Waals surface area contributed by atoms with Crippen molar-refractivity contribution in [2.24, 2.45) is 5.92 Å². The molecule has 13 heavy (non-hydrogen) atoms. The van der Waals surface area contributed by atoms with Gasteiger partial charge in [0.05, 0.1) is 6.07 Å². The summed E-state index contributed by atoms with van der Waals surface area (Å²) in [6.45, 7) is 7.33. The zero-order chi connectivity index (χ0) is 10.4. The molecule has 0 aliphatic carbocycles. The Morgan fingerprint density at radius 2 is 2.08 bits per heavy atom. The van der Waals surface area contributed by atoms with Crippen molar-refractivity contribution >= 4 is 5.91 Å². The fourth-order valence-electron chi connectivity index (χ4n) is 0.734. The van der Waals surface area contributed by atoms with E-state index in [9.17, 15) is 4.79 Å². The minimum absolute atomic E-state index is 0.138. The van der Waals surface area contributed by atoms with E-state index in [1.807, 2.05) is 13.8 Å². The van der Waals surface area contributed by atoms with Gasteiger partial charge in [-0.2, -0.15) is 5.26 Å². The fourth-order valence-corrected chi connectivity index (χ4v) is 0.734. The molecule has 1 unspecified atom stereocenters. The van der Waals surface area contributed by atoms with E-state index in [1.54, 1.807) is 19.9 Å². The molecule has 0 spiro atoms. The maximum atomic E-state index is 11.3. The SMILES string of the molecule is C/C=C(/C)C(=O)NC(C#N)C(C)C. The highest BCUT2D eigenvalue weighted by atomic mass is 16.1. The van der Waals surface area contributed by atoms with Crippen LogP contribution in [0.25, 0.3) is 0 Å². The van der Waals surface area contributed by atoms with Gasteiger partial charge in [-0.05, 0) is 19.8 Å². The molecule has 0 aliphatic heterocycles. The van der Waals surface area contributed by atoms with Crippen molar-refractivity contribution in [1.82, 2.24) is 5.32 Å². The molecule has 0 aromatic carbocycles. The Morgan fingerprint density at radius 1 is 1.54 bits per heavy atom. The van der Waals surface area contributed by atoms with Gasteiger partial charge in [0.2, 0.25) is 5.91 Å². The van der Waals surface area contributed by atoms with Crippen molar-refractivity contribution in [1.29, 1.82) is 5.26 Å². The lowest BCUT2D eigenvalue weighted by Gasteiger charge is -2.14. The van der Waals surface area contributed by atoms with Crippen LogP contribution in [0.1, 0.15) is 27.7 Å². The Kier molecular flexibility index (Phi) is 4.83. The molecule has 3 heteroatoms. The number of hydrogen-bond donors (Lipinski definition) is 1. The van der Waals surface area contributed by atoms with Crippen LogP contribution in [0.3, 0.4) is 0 Å². The van der Waals surface area contributed by atoms with E-state index in [2.05, 4.69) is 11.4 Å². The maximum Gasteiger partial charge on any atom is 0.247 e. The standard InChI is InChI=1S/C10H16N2O/c1-5-8(4)10(13)12-9(6-11)7(2)3/h5,7,9H,1-4H3,(H,12,13)/b8-5-.